The number of anilines is 3. The van der Waals surface area contributed by atoms with Crippen LogP contribution in [0.2, 0.25) is 0 Å². The van der Waals surface area contributed by atoms with Crippen LogP contribution in [0.15, 0.2) is 81.8 Å². The van der Waals surface area contributed by atoms with Crippen molar-refractivity contribution in [2.24, 2.45) is 5.10 Å². The molecular formula is C19H16N4S. The first kappa shape index (κ1) is 14.8. The molecule has 1 aliphatic heterocycles. The molecule has 2 heterocycles. The lowest BCUT2D eigenvalue weighted by Gasteiger charge is -2.21. The lowest BCUT2D eigenvalue weighted by atomic mass is 10.1. The van der Waals surface area contributed by atoms with Crippen molar-refractivity contribution < 1.29 is 0 Å². The van der Waals surface area contributed by atoms with Crippen LogP contribution in [-0.4, -0.2) is 10.7 Å². The summed E-state index contributed by atoms with van der Waals surface area (Å²) in [5.41, 5.74) is 7.24. The Hall–Kier alpha value is -2.79. The molecule has 4 rings (SSSR count). The number of rotatable bonds is 3. The third kappa shape index (κ3) is 2.98. The number of hydrogen-bond donors (Lipinski definition) is 2. The summed E-state index contributed by atoms with van der Waals surface area (Å²) >= 11 is 1.79. The molecule has 5 heteroatoms. The van der Waals surface area contributed by atoms with Gasteiger partial charge in [0.05, 0.1) is 17.1 Å². The molecule has 2 aromatic carbocycles. The number of aromatic nitrogens is 1. The molecule has 2 N–H and O–H groups in total. The Morgan fingerprint density at radius 2 is 1.83 bits per heavy atom. The Labute approximate surface area is 145 Å². The molecule has 0 bridgehead atoms. The van der Waals surface area contributed by atoms with Crippen LogP contribution in [0, 0.1) is 0 Å². The maximum atomic E-state index is 4.43. The topological polar surface area (TPSA) is 49.3 Å². The Bertz CT molecular complexity index is 906. The monoisotopic (exact) mass is 332 g/mol. The minimum atomic E-state index is 0.734. The molecule has 0 saturated heterocycles. The highest BCUT2D eigenvalue weighted by atomic mass is 32.2. The van der Waals surface area contributed by atoms with Gasteiger partial charge in [0.25, 0.3) is 0 Å². The summed E-state index contributed by atoms with van der Waals surface area (Å²) in [6, 6.07) is 20.4. The summed E-state index contributed by atoms with van der Waals surface area (Å²) in [6.07, 6.45) is 1.74. The van der Waals surface area contributed by atoms with Crippen molar-refractivity contribution in [3.63, 3.8) is 0 Å². The van der Waals surface area contributed by atoms with Crippen LogP contribution in [-0.2, 0) is 0 Å². The lowest BCUT2D eigenvalue weighted by molar-refractivity contribution is 1.22. The maximum absolute atomic E-state index is 4.43. The van der Waals surface area contributed by atoms with Crippen molar-refractivity contribution >= 4 is 34.7 Å². The van der Waals surface area contributed by atoms with E-state index in [-0.39, 0.29) is 0 Å². The first-order chi connectivity index (χ1) is 11.8. The number of nitrogens with zero attached hydrogens (tertiary/aromatic N) is 2. The molecule has 1 aliphatic rings. The van der Waals surface area contributed by atoms with Crippen molar-refractivity contribution in [3.8, 4) is 0 Å². The number of pyridine rings is 1. The van der Waals surface area contributed by atoms with Gasteiger partial charge in [-0.05, 0) is 48.9 Å². The molecule has 0 unspecified atom stereocenters. The number of fused-ring (bicyclic) bond motifs is 2. The van der Waals surface area contributed by atoms with Crippen LogP contribution in [0.5, 0.6) is 0 Å². The SMILES string of the molecule is C/C(=N\Nc1ccccn1)c1ccc2c(c1)Nc1ccccc1S2. The minimum absolute atomic E-state index is 0.734. The molecule has 0 aliphatic carbocycles. The fourth-order valence-corrected chi connectivity index (χ4v) is 3.47. The van der Waals surface area contributed by atoms with E-state index < -0.39 is 0 Å². The van der Waals surface area contributed by atoms with Crippen molar-refractivity contribution in [2.75, 3.05) is 10.7 Å². The van der Waals surface area contributed by atoms with E-state index in [0.717, 1.165) is 28.5 Å². The lowest BCUT2D eigenvalue weighted by Crippen LogP contribution is -2.04. The van der Waals surface area contributed by atoms with Crippen molar-refractivity contribution in [1.29, 1.82) is 0 Å². The maximum Gasteiger partial charge on any atom is 0.146 e. The van der Waals surface area contributed by atoms with E-state index in [1.807, 2.05) is 31.2 Å². The third-order valence-corrected chi connectivity index (χ3v) is 4.93. The Morgan fingerprint density at radius 1 is 1.00 bits per heavy atom. The molecule has 0 amide bonds. The van der Waals surface area contributed by atoms with Crippen LogP contribution in [0.25, 0.3) is 0 Å². The third-order valence-electron chi connectivity index (χ3n) is 3.78. The van der Waals surface area contributed by atoms with Gasteiger partial charge in [0.2, 0.25) is 0 Å². The van der Waals surface area contributed by atoms with Crippen LogP contribution in [0.3, 0.4) is 0 Å². The first-order valence-electron chi connectivity index (χ1n) is 7.69. The predicted molar refractivity (Wildman–Crippen MR) is 100 cm³/mol. The van der Waals surface area contributed by atoms with Gasteiger partial charge in [0.1, 0.15) is 5.82 Å². The second kappa shape index (κ2) is 6.37. The molecule has 118 valence electrons. The molecule has 4 nitrogen and oxygen atoms in total. The van der Waals surface area contributed by atoms with E-state index in [2.05, 4.69) is 57.2 Å². The van der Waals surface area contributed by atoms with Gasteiger partial charge in [-0.15, -0.1) is 0 Å². The molecular weight excluding hydrogens is 316 g/mol. The van der Waals surface area contributed by atoms with Crippen molar-refractivity contribution in [1.82, 2.24) is 4.98 Å². The van der Waals surface area contributed by atoms with E-state index in [4.69, 9.17) is 0 Å². The van der Waals surface area contributed by atoms with Crippen LogP contribution in [0.1, 0.15) is 12.5 Å². The number of para-hydroxylation sites is 1. The highest BCUT2D eigenvalue weighted by Gasteiger charge is 2.15. The van der Waals surface area contributed by atoms with E-state index >= 15 is 0 Å². The molecule has 24 heavy (non-hydrogen) atoms. The second-order valence-corrected chi connectivity index (χ2v) is 6.54. The van der Waals surface area contributed by atoms with Gasteiger partial charge >= 0.3 is 0 Å². The van der Waals surface area contributed by atoms with Crippen LogP contribution >= 0.6 is 11.8 Å². The summed E-state index contributed by atoms with van der Waals surface area (Å²) in [7, 11) is 0. The molecule has 0 spiro atoms. The smallest absolute Gasteiger partial charge is 0.146 e. The van der Waals surface area contributed by atoms with Crippen LogP contribution < -0.4 is 10.7 Å². The molecule has 0 atom stereocenters. The van der Waals surface area contributed by atoms with Gasteiger partial charge < -0.3 is 5.32 Å². The summed E-state index contributed by atoms with van der Waals surface area (Å²) < 4.78 is 0. The zero-order valence-corrected chi connectivity index (χ0v) is 14.0. The minimum Gasteiger partial charge on any atom is -0.354 e. The molecule has 1 aromatic heterocycles. The number of nitrogens with one attached hydrogen (secondary N) is 2. The van der Waals surface area contributed by atoms with E-state index in [9.17, 15) is 0 Å². The fourth-order valence-electron chi connectivity index (χ4n) is 2.50. The van der Waals surface area contributed by atoms with E-state index in [0.29, 0.717) is 0 Å². The first-order valence-corrected chi connectivity index (χ1v) is 8.51. The van der Waals surface area contributed by atoms with Gasteiger partial charge in [-0.1, -0.05) is 36.0 Å². The van der Waals surface area contributed by atoms with Gasteiger partial charge in [-0.3, -0.25) is 5.43 Å². The number of hydrogen-bond acceptors (Lipinski definition) is 5. The highest BCUT2D eigenvalue weighted by Crippen LogP contribution is 2.44. The largest absolute Gasteiger partial charge is 0.354 e. The van der Waals surface area contributed by atoms with Gasteiger partial charge in [-0.25, -0.2) is 4.98 Å². The second-order valence-electron chi connectivity index (χ2n) is 5.46. The number of hydrazone groups is 1. The highest BCUT2D eigenvalue weighted by molar-refractivity contribution is 7.99. The summed E-state index contributed by atoms with van der Waals surface area (Å²) in [4.78, 5) is 6.68. The Kier molecular flexibility index (Phi) is 3.92. The predicted octanol–water partition coefficient (Wildman–Crippen LogP) is 5.13. The molecule has 0 saturated carbocycles. The van der Waals surface area contributed by atoms with Crippen molar-refractivity contribution in [2.45, 2.75) is 16.7 Å². The van der Waals surface area contributed by atoms with Gasteiger partial charge in [0.15, 0.2) is 0 Å². The summed E-state index contributed by atoms with van der Waals surface area (Å²) in [6.45, 7) is 1.99. The zero-order valence-electron chi connectivity index (χ0n) is 13.2. The average molecular weight is 332 g/mol. The summed E-state index contributed by atoms with van der Waals surface area (Å²) in [5.74, 6) is 0.734. The van der Waals surface area contributed by atoms with Gasteiger partial charge in [0, 0.05) is 16.0 Å². The van der Waals surface area contributed by atoms with E-state index in [1.54, 1.807) is 18.0 Å². The quantitative estimate of drug-likeness (QED) is 0.403. The van der Waals surface area contributed by atoms with Gasteiger partial charge in [-0.2, -0.15) is 5.10 Å². The Morgan fingerprint density at radius 3 is 2.71 bits per heavy atom. The number of benzene rings is 2. The molecule has 3 aromatic rings. The average Bonchev–Trinajstić information content (AvgIpc) is 2.64. The normalized spacial score (nSPS) is 12.8. The van der Waals surface area contributed by atoms with E-state index in [1.165, 1.54) is 9.79 Å². The summed E-state index contributed by atoms with van der Waals surface area (Å²) in [5, 5.41) is 7.93. The molecule has 0 fully saturated rings. The molecule has 0 radical (unpaired) electrons. The van der Waals surface area contributed by atoms with Crippen molar-refractivity contribution in [3.05, 3.63) is 72.4 Å². The van der Waals surface area contributed by atoms with Crippen LogP contribution in [0.4, 0.5) is 17.2 Å². The zero-order chi connectivity index (χ0) is 16.4. The Balaban J connectivity index is 1.58. The fraction of sp³-hybridized carbons (Fsp3) is 0.0526. The standard InChI is InChI=1S/C19H16N4S/c1-13(22-23-19-8-4-5-11-20-19)14-9-10-18-16(12-14)21-15-6-2-3-7-17(15)24-18/h2-12,21H,1H3,(H,20,23)/b22-13+.